The van der Waals surface area contributed by atoms with Gasteiger partial charge >= 0.3 is 0 Å². The fraction of sp³-hybridized carbons (Fsp3) is 0.238. The zero-order valence-corrected chi connectivity index (χ0v) is 16.8. The molecule has 0 unspecified atom stereocenters. The van der Waals surface area contributed by atoms with Gasteiger partial charge in [0.2, 0.25) is 0 Å². The number of ether oxygens (including phenoxy) is 2. The van der Waals surface area contributed by atoms with Crippen molar-refractivity contribution in [3.8, 4) is 5.75 Å². The van der Waals surface area contributed by atoms with E-state index in [1.807, 2.05) is 36.4 Å². The molecular formula is C21H22N2O4S. The molecule has 0 bridgehead atoms. The van der Waals surface area contributed by atoms with Crippen LogP contribution in [0.5, 0.6) is 5.75 Å². The van der Waals surface area contributed by atoms with Crippen molar-refractivity contribution in [2.45, 2.75) is 4.90 Å². The third-order valence-corrected chi connectivity index (χ3v) is 5.38. The first kappa shape index (κ1) is 20.0. The number of anilines is 1. The molecule has 0 saturated heterocycles. The van der Waals surface area contributed by atoms with Crippen LogP contribution in [0.4, 0.5) is 5.69 Å². The van der Waals surface area contributed by atoms with Crippen molar-refractivity contribution in [3.05, 3.63) is 58.5 Å². The first-order chi connectivity index (χ1) is 13.5. The van der Waals surface area contributed by atoms with Gasteiger partial charge in [0.05, 0.1) is 24.3 Å². The molecule has 2 aromatic carbocycles. The zero-order valence-electron chi connectivity index (χ0n) is 16.0. The number of methoxy groups -OCH3 is 2. The van der Waals surface area contributed by atoms with Crippen LogP contribution in [0.1, 0.15) is 15.9 Å². The Balaban J connectivity index is 1.85. The molecule has 6 nitrogen and oxygen atoms in total. The van der Waals surface area contributed by atoms with Gasteiger partial charge in [0.1, 0.15) is 5.75 Å². The van der Waals surface area contributed by atoms with Gasteiger partial charge in [0.25, 0.3) is 11.8 Å². The number of hydrogen-bond donors (Lipinski definition) is 1. The van der Waals surface area contributed by atoms with Crippen LogP contribution < -0.4 is 15.0 Å². The number of nitrogens with one attached hydrogen (secondary N) is 1. The average Bonchev–Trinajstić information content (AvgIpc) is 2.72. The minimum absolute atomic E-state index is 0.114. The van der Waals surface area contributed by atoms with Crippen molar-refractivity contribution in [1.82, 2.24) is 5.32 Å². The smallest absolute Gasteiger partial charge is 0.264 e. The maximum atomic E-state index is 12.8. The van der Waals surface area contributed by atoms with E-state index in [2.05, 4.69) is 5.32 Å². The van der Waals surface area contributed by atoms with Crippen molar-refractivity contribution in [1.29, 1.82) is 0 Å². The van der Waals surface area contributed by atoms with E-state index in [1.165, 1.54) is 11.8 Å². The minimum Gasteiger partial charge on any atom is -0.497 e. The lowest BCUT2D eigenvalue weighted by Gasteiger charge is -2.27. The first-order valence-electron chi connectivity index (χ1n) is 8.76. The molecule has 1 heterocycles. The largest absolute Gasteiger partial charge is 0.497 e. The second-order valence-corrected chi connectivity index (χ2v) is 7.27. The molecule has 0 aromatic heterocycles. The van der Waals surface area contributed by atoms with Gasteiger partial charge in [-0.2, -0.15) is 0 Å². The van der Waals surface area contributed by atoms with Gasteiger partial charge in [-0.3, -0.25) is 9.59 Å². The Labute approximate surface area is 168 Å². The predicted molar refractivity (Wildman–Crippen MR) is 111 cm³/mol. The molecule has 2 aromatic rings. The first-order valence-corrected chi connectivity index (χ1v) is 9.58. The molecule has 0 spiro atoms. The van der Waals surface area contributed by atoms with E-state index in [1.54, 1.807) is 38.3 Å². The molecule has 1 N–H and O–H groups in total. The second kappa shape index (κ2) is 8.95. The number of carbonyl (C=O) groups is 2. The SMILES string of the molecule is COCCNC(=O)c1ccc2c(c1)N(C)C(=O)C(=Cc1cccc(OC)c1)S2. The van der Waals surface area contributed by atoms with Gasteiger partial charge in [0.15, 0.2) is 0 Å². The van der Waals surface area contributed by atoms with Crippen LogP contribution in [0.15, 0.2) is 52.3 Å². The fourth-order valence-electron chi connectivity index (χ4n) is 2.79. The molecular weight excluding hydrogens is 376 g/mol. The molecule has 7 heteroatoms. The maximum Gasteiger partial charge on any atom is 0.264 e. The van der Waals surface area contributed by atoms with Crippen LogP contribution >= 0.6 is 11.8 Å². The number of nitrogens with zero attached hydrogens (tertiary/aromatic N) is 1. The van der Waals surface area contributed by atoms with Crippen molar-refractivity contribution in [2.24, 2.45) is 0 Å². The van der Waals surface area contributed by atoms with Crippen molar-refractivity contribution >= 4 is 35.3 Å². The number of likely N-dealkylation sites (N-methyl/N-ethyl adjacent to an activating group) is 1. The summed E-state index contributed by atoms with van der Waals surface area (Å²) in [4.78, 5) is 28.2. The zero-order chi connectivity index (χ0) is 20.1. The number of benzene rings is 2. The lowest BCUT2D eigenvalue weighted by Crippen LogP contribution is -2.31. The monoisotopic (exact) mass is 398 g/mol. The van der Waals surface area contributed by atoms with E-state index < -0.39 is 0 Å². The summed E-state index contributed by atoms with van der Waals surface area (Å²) in [5.41, 5.74) is 2.12. The summed E-state index contributed by atoms with van der Waals surface area (Å²) in [6.45, 7) is 0.882. The summed E-state index contributed by atoms with van der Waals surface area (Å²) in [5, 5.41) is 2.79. The topological polar surface area (TPSA) is 67.9 Å². The molecule has 146 valence electrons. The predicted octanol–water partition coefficient (Wildman–Crippen LogP) is 3.18. The highest BCUT2D eigenvalue weighted by Crippen LogP contribution is 2.42. The molecule has 0 radical (unpaired) electrons. The van der Waals surface area contributed by atoms with Gasteiger partial charge in [-0.25, -0.2) is 0 Å². The van der Waals surface area contributed by atoms with E-state index in [0.717, 1.165) is 21.9 Å². The Bertz CT molecular complexity index is 926. The molecule has 0 atom stereocenters. The normalized spacial score (nSPS) is 14.8. The number of rotatable bonds is 6. The van der Waals surface area contributed by atoms with E-state index in [-0.39, 0.29) is 11.8 Å². The number of fused-ring (bicyclic) bond motifs is 1. The summed E-state index contributed by atoms with van der Waals surface area (Å²) in [7, 11) is 4.91. The molecule has 2 amide bonds. The summed E-state index contributed by atoms with van der Waals surface area (Å²) < 4.78 is 10.2. The number of carbonyl (C=O) groups excluding carboxylic acids is 2. The quantitative estimate of drug-likeness (QED) is 0.598. The highest BCUT2D eigenvalue weighted by molar-refractivity contribution is 8.04. The number of hydrogen-bond acceptors (Lipinski definition) is 5. The molecule has 28 heavy (non-hydrogen) atoms. The molecule has 3 rings (SSSR count). The standard InChI is InChI=1S/C21H22N2O4S/c1-23-17-13-15(20(24)22-9-10-26-2)7-8-18(17)28-19(21(23)25)12-14-5-4-6-16(11-14)27-3/h4-8,11-13H,9-10H2,1-3H3,(H,22,24). The molecule has 0 aliphatic carbocycles. The molecule has 0 saturated carbocycles. The van der Waals surface area contributed by atoms with E-state index >= 15 is 0 Å². The van der Waals surface area contributed by atoms with Crippen LogP contribution in [-0.4, -0.2) is 46.2 Å². The van der Waals surface area contributed by atoms with Gasteiger partial charge in [-0.15, -0.1) is 0 Å². The number of thioether (sulfide) groups is 1. The van der Waals surface area contributed by atoms with Gasteiger partial charge in [-0.1, -0.05) is 23.9 Å². The third kappa shape index (κ3) is 4.37. The molecule has 1 aliphatic rings. The highest BCUT2D eigenvalue weighted by atomic mass is 32.2. The van der Waals surface area contributed by atoms with Crippen molar-refractivity contribution < 1.29 is 19.1 Å². The Morgan fingerprint density at radius 3 is 2.79 bits per heavy atom. The fourth-order valence-corrected chi connectivity index (χ4v) is 3.88. The summed E-state index contributed by atoms with van der Waals surface area (Å²) in [5.74, 6) is 0.432. The minimum atomic E-state index is -0.191. The van der Waals surface area contributed by atoms with E-state index in [4.69, 9.17) is 9.47 Å². The van der Waals surface area contributed by atoms with Crippen molar-refractivity contribution in [2.75, 3.05) is 39.3 Å². The molecule has 0 fully saturated rings. The van der Waals surface area contributed by atoms with Crippen LogP contribution in [0.3, 0.4) is 0 Å². The van der Waals surface area contributed by atoms with Crippen LogP contribution in [0.25, 0.3) is 6.08 Å². The Morgan fingerprint density at radius 2 is 2.04 bits per heavy atom. The van der Waals surface area contributed by atoms with E-state index in [0.29, 0.717) is 23.6 Å². The maximum absolute atomic E-state index is 12.8. The number of amides is 2. The highest BCUT2D eigenvalue weighted by Gasteiger charge is 2.27. The van der Waals surface area contributed by atoms with Gasteiger partial charge < -0.3 is 19.7 Å². The molecule has 1 aliphatic heterocycles. The van der Waals surface area contributed by atoms with E-state index in [9.17, 15) is 9.59 Å². The van der Waals surface area contributed by atoms with Gasteiger partial charge in [-0.05, 0) is 42.0 Å². The average molecular weight is 398 g/mol. The van der Waals surface area contributed by atoms with Crippen LogP contribution in [-0.2, 0) is 9.53 Å². The van der Waals surface area contributed by atoms with Crippen LogP contribution in [0, 0.1) is 0 Å². The lowest BCUT2D eigenvalue weighted by atomic mass is 10.1. The Kier molecular flexibility index (Phi) is 6.38. The summed E-state index contributed by atoms with van der Waals surface area (Å²) in [6, 6.07) is 12.9. The summed E-state index contributed by atoms with van der Waals surface area (Å²) in [6.07, 6.45) is 1.85. The van der Waals surface area contributed by atoms with Crippen molar-refractivity contribution in [3.63, 3.8) is 0 Å². The van der Waals surface area contributed by atoms with Crippen LogP contribution in [0.2, 0.25) is 0 Å². The Morgan fingerprint density at radius 1 is 1.21 bits per heavy atom. The lowest BCUT2D eigenvalue weighted by molar-refractivity contribution is -0.114. The Hall–Kier alpha value is -2.77. The summed E-state index contributed by atoms with van der Waals surface area (Å²) >= 11 is 1.40. The third-order valence-electron chi connectivity index (χ3n) is 4.30. The van der Waals surface area contributed by atoms with Gasteiger partial charge in [0, 0.05) is 31.2 Å². The second-order valence-electron chi connectivity index (χ2n) is 6.18.